The first-order chi connectivity index (χ1) is 9.65. The number of benzene rings is 1. The molecule has 1 heterocycles. The van der Waals surface area contributed by atoms with E-state index in [-0.39, 0.29) is 11.7 Å². The molecule has 5 heteroatoms. The van der Waals surface area contributed by atoms with Crippen molar-refractivity contribution in [3.05, 3.63) is 53.9 Å². The monoisotopic (exact) mass is 287 g/mol. The molecule has 4 nitrogen and oxygen atoms in total. The number of nitrogens with zero attached hydrogens (tertiary/aromatic N) is 1. The number of hydrogen-bond donors (Lipinski definition) is 2. The first kappa shape index (κ1) is 14.4. The largest absolute Gasteiger partial charge is 0.380 e. The second-order valence-electron chi connectivity index (χ2n) is 4.41. The molecule has 0 saturated heterocycles. The standard InChI is InChI=1S/C15H17N3OS/c1-11-6-7-12(8-17-11)9-18-13-4-2-3-5-14(13)20-10-15(16)19/h2-8,18H,9-10H2,1H3,(H2,16,19). The lowest BCUT2D eigenvalue weighted by Gasteiger charge is -2.11. The van der Waals surface area contributed by atoms with Gasteiger partial charge < -0.3 is 11.1 Å². The van der Waals surface area contributed by atoms with Gasteiger partial charge in [0.05, 0.1) is 5.75 Å². The van der Waals surface area contributed by atoms with Crippen LogP contribution in [0.1, 0.15) is 11.3 Å². The van der Waals surface area contributed by atoms with Gasteiger partial charge in [-0.05, 0) is 30.7 Å². The van der Waals surface area contributed by atoms with Crippen LogP contribution in [-0.4, -0.2) is 16.6 Å². The Morgan fingerprint density at radius 2 is 2.10 bits per heavy atom. The Kier molecular flexibility index (Phi) is 5.01. The highest BCUT2D eigenvalue weighted by molar-refractivity contribution is 8.00. The molecule has 0 spiro atoms. The zero-order chi connectivity index (χ0) is 14.4. The van der Waals surface area contributed by atoms with E-state index in [2.05, 4.69) is 16.4 Å². The minimum absolute atomic E-state index is 0.283. The molecule has 0 aliphatic rings. The van der Waals surface area contributed by atoms with Crippen molar-refractivity contribution < 1.29 is 4.79 Å². The molecule has 0 fully saturated rings. The fraction of sp³-hybridized carbons (Fsp3) is 0.200. The average Bonchev–Trinajstić information content (AvgIpc) is 2.45. The smallest absolute Gasteiger partial charge is 0.227 e. The first-order valence-corrected chi connectivity index (χ1v) is 7.29. The summed E-state index contributed by atoms with van der Waals surface area (Å²) in [5, 5.41) is 3.36. The van der Waals surface area contributed by atoms with Crippen molar-refractivity contribution in [3.63, 3.8) is 0 Å². The third-order valence-corrected chi connectivity index (χ3v) is 3.81. The molecule has 0 saturated carbocycles. The van der Waals surface area contributed by atoms with E-state index >= 15 is 0 Å². The maximum atomic E-state index is 10.9. The molecule has 104 valence electrons. The molecule has 3 N–H and O–H groups in total. The molecule has 0 aliphatic heterocycles. The van der Waals surface area contributed by atoms with Gasteiger partial charge in [0.25, 0.3) is 0 Å². The summed E-state index contributed by atoms with van der Waals surface area (Å²) in [5.74, 6) is -0.0299. The summed E-state index contributed by atoms with van der Waals surface area (Å²) in [6.45, 7) is 2.66. The Hall–Kier alpha value is -2.01. The van der Waals surface area contributed by atoms with E-state index in [4.69, 9.17) is 5.73 Å². The number of amides is 1. The Bertz CT molecular complexity index is 584. The van der Waals surface area contributed by atoms with Gasteiger partial charge in [0.15, 0.2) is 0 Å². The molecule has 1 amide bonds. The van der Waals surface area contributed by atoms with Gasteiger partial charge in [0.2, 0.25) is 5.91 Å². The zero-order valence-corrected chi connectivity index (χ0v) is 12.1. The van der Waals surface area contributed by atoms with Crippen LogP contribution in [-0.2, 0) is 11.3 Å². The summed E-state index contributed by atoms with van der Waals surface area (Å²) < 4.78 is 0. The molecule has 0 atom stereocenters. The Balaban J connectivity index is 2.01. The van der Waals surface area contributed by atoms with E-state index in [0.29, 0.717) is 6.54 Å². The highest BCUT2D eigenvalue weighted by Crippen LogP contribution is 2.27. The Morgan fingerprint density at radius 1 is 1.30 bits per heavy atom. The fourth-order valence-electron chi connectivity index (χ4n) is 1.69. The molecular formula is C15H17N3OS. The summed E-state index contributed by atoms with van der Waals surface area (Å²) in [4.78, 5) is 16.2. The second kappa shape index (κ2) is 6.96. The van der Waals surface area contributed by atoms with Crippen molar-refractivity contribution in [2.45, 2.75) is 18.4 Å². The molecule has 2 aromatic rings. The summed E-state index contributed by atoms with van der Waals surface area (Å²) in [6, 6.07) is 11.9. The number of aromatic nitrogens is 1. The average molecular weight is 287 g/mol. The van der Waals surface area contributed by atoms with Crippen LogP contribution in [0.4, 0.5) is 5.69 Å². The van der Waals surface area contributed by atoms with Crippen molar-refractivity contribution in [2.24, 2.45) is 5.73 Å². The van der Waals surface area contributed by atoms with Gasteiger partial charge in [-0.3, -0.25) is 9.78 Å². The van der Waals surface area contributed by atoms with E-state index < -0.39 is 0 Å². The van der Waals surface area contributed by atoms with Crippen LogP contribution in [0.25, 0.3) is 0 Å². The predicted molar refractivity (Wildman–Crippen MR) is 82.7 cm³/mol. The third kappa shape index (κ3) is 4.28. The van der Waals surface area contributed by atoms with E-state index in [9.17, 15) is 4.79 Å². The predicted octanol–water partition coefficient (Wildman–Crippen LogP) is 2.58. The van der Waals surface area contributed by atoms with E-state index in [1.54, 1.807) is 0 Å². The van der Waals surface area contributed by atoms with Crippen molar-refractivity contribution in [3.8, 4) is 0 Å². The lowest BCUT2D eigenvalue weighted by molar-refractivity contribution is -0.115. The fourth-order valence-corrected chi connectivity index (χ4v) is 2.46. The lowest BCUT2D eigenvalue weighted by Crippen LogP contribution is -2.13. The molecule has 0 radical (unpaired) electrons. The number of pyridine rings is 1. The van der Waals surface area contributed by atoms with Gasteiger partial charge in [-0.1, -0.05) is 18.2 Å². The molecule has 2 rings (SSSR count). The number of nitrogens with one attached hydrogen (secondary N) is 1. The quantitative estimate of drug-likeness (QED) is 0.801. The van der Waals surface area contributed by atoms with Crippen LogP contribution >= 0.6 is 11.8 Å². The number of thioether (sulfide) groups is 1. The Morgan fingerprint density at radius 3 is 2.80 bits per heavy atom. The van der Waals surface area contributed by atoms with Crippen LogP contribution < -0.4 is 11.1 Å². The summed E-state index contributed by atoms with van der Waals surface area (Å²) in [6.07, 6.45) is 1.86. The number of primary amides is 1. The van der Waals surface area contributed by atoms with E-state index in [1.165, 1.54) is 11.8 Å². The van der Waals surface area contributed by atoms with Crippen LogP contribution in [0.3, 0.4) is 0 Å². The van der Waals surface area contributed by atoms with Crippen molar-refractivity contribution in [1.29, 1.82) is 0 Å². The topological polar surface area (TPSA) is 68.0 Å². The lowest BCUT2D eigenvalue weighted by atomic mass is 10.2. The number of aryl methyl sites for hydroxylation is 1. The third-order valence-electron chi connectivity index (χ3n) is 2.71. The zero-order valence-electron chi connectivity index (χ0n) is 11.3. The molecular weight excluding hydrogens is 270 g/mol. The van der Waals surface area contributed by atoms with Crippen molar-refractivity contribution >= 4 is 23.4 Å². The molecule has 1 aromatic heterocycles. The molecule has 0 unspecified atom stereocenters. The van der Waals surface area contributed by atoms with Gasteiger partial charge in [-0.25, -0.2) is 0 Å². The van der Waals surface area contributed by atoms with Gasteiger partial charge >= 0.3 is 0 Å². The van der Waals surface area contributed by atoms with E-state index in [0.717, 1.165) is 21.8 Å². The molecule has 1 aromatic carbocycles. The van der Waals surface area contributed by atoms with Crippen molar-refractivity contribution in [1.82, 2.24) is 4.98 Å². The number of carbonyl (C=O) groups is 1. The SMILES string of the molecule is Cc1ccc(CNc2ccccc2SCC(N)=O)cn1. The van der Waals surface area contributed by atoms with Crippen LogP contribution in [0, 0.1) is 6.92 Å². The highest BCUT2D eigenvalue weighted by Gasteiger charge is 2.04. The number of hydrogen-bond acceptors (Lipinski definition) is 4. The van der Waals surface area contributed by atoms with Crippen LogP contribution in [0.5, 0.6) is 0 Å². The highest BCUT2D eigenvalue weighted by atomic mass is 32.2. The first-order valence-electron chi connectivity index (χ1n) is 6.30. The second-order valence-corrected chi connectivity index (χ2v) is 5.43. The minimum Gasteiger partial charge on any atom is -0.380 e. The summed E-state index contributed by atoms with van der Waals surface area (Å²) >= 11 is 1.44. The normalized spacial score (nSPS) is 10.2. The summed E-state index contributed by atoms with van der Waals surface area (Å²) in [7, 11) is 0. The minimum atomic E-state index is -0.312. The van der Waals surface area contributed by atoms with Crippen LogP contribution in [0.2, 0.25) is 0 Å². The van der Waals surface area contributed by atoms with Gasteiger partial charge in [-0.2, -0.15) is 0 Å². The molecule has 0 bridgehead atoms. The number of anilines is 1. The number of carbonyl (C=O) groups excluding carboxylic acids is 1. The molecule has 0 aliphatic carbocycles. The number of rotatable bonds is 6. The summed E-state index contributed by atoms with van der Waals surface area (Å²) in [5.41, 5.74) is 8.30. The maximum Gasteiger partial charge on any atom is 0.227 e. The van der Waals surface area contributed by atoms with Gasteiger partial charge in [-0.15, -0.1) is 11.8 Å². The van der Waals surface area contributed by atoms with Crippen LogP contribution in [0.15, 0.2) is 47.5 Å². The maximum absolute atomic E-state index is 10.9. The van der Waals surface area contributed by atoms with Crippen molar-refractivity contribution in [2.75, 3.05) is 11.1 Å². The number of nitrogens with two attached hydrogens (primary N) is 1. The number of para-hydroxylation sites is 1. The van der Waals surface area contributed by atoms with Gasteiger partial charge in [0.1, 0.15) is 0 Å². The van der Waals surface area contributed by atoms with Gasteiger partial charge in [0, 0.05) is 29.0 Å². The van der Waals surface area contributed by atoms with E-state index in [1.807, 2.05) is 43.5 Å². The Labute approximate surface area is 122 Å². The molecule has 20 heavy (non-hydrogen) atoms.